The highest BCUT2D eigenvalue weighted by molar-refractivity contribution is 14.1. The normalized spacial score (nSPS) is 10.8. The van der Waals surface area contributed by atoms with Crippen LogP contribution in [0.4, 0.5) is 0 Å². The van der Waals surface area contributed by atoms with Gasteiger partial charge in [0.1, 0.15) is 3.70 Å². The molecule has 3 aromatic rings. The van der Waals surface area contributed by atoms with Crippen molar-refractivity contribution >= 4 is 33.4 Å². The third-order valence-electron chi connectivity index (χ3n) is 3.12. The Morgan fingerprint density at radius 1 is 0.833 bits per heavy atom. The van der Waals surface area contributed by atoms with E-state index in [9.17, 15) is 0 Å². The fourth-order valence-corrected chi connectivity index (χ4v) is 3.23. The molecular formula is C16H12IN. The summed E-state index contributed by atoms with van der Waals surface area (Å²) in [4.78, 5) is 4.66. The first-order valence-corrected chi connectivity index (χ1v) is 6.95. The lowest BCUT2D eigenvalue weighted by molar-refractivity contribution is 1.20. The maximum Gasteiger partial charge on any atom is 0.110 e. The van der Waals surface area contributed by atoms with Gasteiger partial charge in [-0.1, -0.05) is 54.6 Å². The van der Waals surface area contributed by atoms with Crippen LogP contribution in [-0.4, -0.2) is 4.98 Å². The SMILES string of the molecule is Cc1nc(I)c(-c2ccccc2)c2ccccc12. The highest BCUT2D eigenvalue weighted by Crippen LogP contribution is 2.32. The van der Waals surface area contributed by atoms with Gasteiger partial charge in [-0.25, -0.2) is 4.98 Å². The van der Waals surface area contributed by atoms with Crippen LogP contribution in [0.15, 0.2) is 54.6 Å². The summed E-state index contributed by atoms with van der Waals surface area (Å²) >= 11 is 2.33. The molecule has 0 aliphatic heterocycles. The van der Waals surface area contributed by atoms with Crippen molar-refractivity contribution in [1.29, 1.82) is 0 Å². The molecule has 0 aliphatic carbocycles. The van der Waals surface area contributed by atoms with Crippen LogP contribution >= 0.6 is 22.6 Å². The van der Waals surface area contributed by atoms with Crippen molar-refractivity contribution in [2.24, 2.45) is 0 Å². The third kappa shape index (κ3) is 1.90. The van der Waals surface area contributed by atoms with Gasteiger partial charge in [-0.3, -0.25) is 0 Å². The summed E-state index contributed by atoms with van der Waals surface area (Å²) in [5.41, 5.74) is 3.55. The minimum absolute atomic E-state index is 1.06. The average Bonchev–Trinajstić information content (AvgIpc) is 2.40. The summed E-state index contributed by atoms with van der Waals surface area (Å²) in [5, 5.41) is 2.51. The molecule has 0 N–H and O–H groups in total. The van der Waals surface area contributed by atoms with Crippen molar-refractivity contribution in [1.82, 2.24) is 4.98 Å². The smallest absolute Gasteiger partial charge is 0.110 e. The molecule has 0 bridgehead atoms. The van der Waals surface area contributed by atoms with E-state index in [4.69, 9.17) is 0 Å². The first-order chi connectivity index (χ1) is 8.77. The Morgan fingerprint density at radius 2 is 1.44 bits per heavy atom. The minimum Gasteiger partial charge on any atom is -0.246 e. The van der Waals surface area contributed by atoms with Crippen molar-refractivity contribution in [3.05, 3.63) is 64.0 Å². The Labute approximate surface area is 120 Å². The molecule has 2 aromatic carbocycles. The van der Waals surface area contributed by atoms with E-state index in [0.29, 0.717) is 0 Å². The van der Waals surface area contributed by atoms with Crippen LogP contribution in [0.1, 0.15) is 5.69 Å². The molecule has 1 nitrogen and oxygen atoms in total. The summed E-state index contributed by atoms with van der Waals surface area (Å²) in [7, 11) is 0. The predicted molar refractivity (Wildman–Crippen MR) is 84.6 cm³/mol. The molecule has 88 valence electrons. The Kier molecular flexibility index (Phi) is 3.04. The van der Waals surface area contributed by atoms with Gasteiger partial charge >= 0.3 is 0 Å². The maximum absolute atomic E-state index is 4.66. The van der Waals surface area contributed by atoms with Gasteiger partial charge in [-0.2, -0.15) is 0 Å². The molecule has 1 heterocycles. The lowest BCUT2D eigenvalue weighted by Crippen LogP contribution is -1.93. The fourth-order valence-electron chi connectivity index (χ4n) is 2.27. The highest BCUT2D eigenvalue weighted by Gasteiger charge is 2.11. The number of benzene rings is 2. The van der Waals surface area contributed by atoms with Gasteiger partial charge in [0, 0.05) is 16.6 Å². The first kappa shape index (κ1) is 11.7. The molecular weight excluding hydrogens is 333 g/mol. The van der Waals surface area contributed by atoms with E-state index in [1.54, 1.807) is 0 Å². The summed E-state index contributed by atoms with van der Waals surface area (Å²) in [6, 6.07) is 18.9. The monoisotopic (exact) mass is 345 g/mol. The number of aryl methyl sites for hydroxylation is 1. The molecule has 2 heteroatoms. The van der Waals surface area contributed by atoms with E-state index in [2.05, 4.69) is 83.0 Å². The number of pyridine rings is 1. The zero-order valence-corrected chi connectivity index (χ0v) is 12.2. The van der Waals surface area contributed by atoms with Crippen LogP contribution in [-0.2, 0) is 0 Å². The number of halogens is 1. The summed E-state index contributed by atoms with van der Waals surface area (Å²) in [5.74, 6) is 0. The lowest BCUT2D eigenvalue weighted by atomic mass is 10.00. The van der Waals surface area contributed by atoms with Crippen LogP contribution in [0.2, 0.25) is 0 Å². The molecule has 0 saturated heterocycles. The lowest BCUT2D eigenvalue weighted by Gasteiger charge is -2.11. The maximum atomic E-state index is 4.66. The summed E-state index contributed by atoms with van der Waals surface area (Å²) in [6.07, 6.45) is 0. The molecule has 0 unspecified atom stereocenters. The van der Waals surface area contributed by atoms with Crippen LogP contribution in [0.3, 0.4) is 0 Å². The zero-order valence-electron chi connectivity index (χ0n) is 10.0. The van der Waals surface area contributed by atoms with E-state index in [1.165, 1.54) is 21.9 Å². The standard InChI is InChI=1S/C16H12IN/c1-11-13-9-5-6-10-14(13)15(16(17)18-11)12-7-3-2-4-8-12/h2-10H,1H3. The van der Waals surface area contributed by atoms with Crippen molar-refractivity contribution in [2.45, 2.75) is 6.92 Å². The second-order valence-electron chi connectivity index (χ2n) is 4.27. The quantitative estimate of drug-likeness (QED) is 0.455. The largest absolute Gasteiger partial charge is 0.246 e. The van der Waals surface area contributed by atoms with E-state index in [1.807, 2.05) is 6.07 Å². The molecule has 0 amide bonds. The second-order valence-corrected chi connectivity index (χ2v) is 5.30. The van der Waals surface area contributed by atoms with Gasteiger partial charge in [0.2, 0.25) is 0 Å². The van der Waals surface area contributed by atoms with Gasteiger partial charge < -0.3 is 0 Å². The number of rotatable bonds is 1. The van der Waals surface area contributed by atoms with Crippen molar-refractivity contribution in [3.63, 3.8) is 0 Å². The molecule has 0 radical (unpaired) electrons. The van der Waals surface area contributed by atoms with Crippen molar-refractivity contribution < 1.29 is 0 Å². The third-order valence-corrected chi connectivity index (χ3v) is 3.90. The average molecular weight is 345 g/mol. The summed E-state index contributed by atoms with van der Waals surface area (Å²) in [6.45, 7) is 2.07. The second kappa shape index (κ2) is 4.69. The van der Waals surface area contributed by atoms with Crippen molar-refractivity contribution in [3.8, 4) is 11.1 Å². The summed E-state index contributed by atoms with van der Waals surface area (Å²) < 4.78 is 1.06. The van der Waals surface area contributed by atoms with Gasteiger partial charge in [-0.15, -0.1) is 0 Å². The van der Waals surface area contributed by atoms with Crippen LogP contribution in [0.5, 0.6) is 0 Å². The molecule has 3 rings (SSSR count). The van der Waals surface area contributed by atoms with Crippen LogP contribution in [0, 0.1) is 10.6 Å². The van der Waals surface area contributed by atoms with Gasteiger partial charge in [0.25, 0.3) is 0 Å². The van der Waals surface area contributed by atoms with Gasteiger partial charge in [0.15, 0.2) is 0 Å². The molecule has 18 heavy (non-hydrogen) atoms. The van der Waals surface area contributed by atoms with E-state index >= 15 is 0 Å². The van der Waals surface area contributed by atoms with E-state index in [0.717, 1.165) is 9.39 Å². The Balaban J connectivity index is 2.42. The molecule has 0 spiro atoms. The molecule has 0 aliphatic rings. The highest BCUT2D eigenvalue weighted by atomic mass is 127. The fraction of sp³-hybridized carbons (Fsp3) is 0.0625. The number of fused-ring (bicyclic) bond motifs is 1. The van der Waals surface area contributed by atoms with Crippen LogP contribution < -0.4 is 0 Å². The van der Waals surface area contributed by atoms with Crippen LogP contribution in [0.25, 0.3) is 21.9 Å². The van der Waals surface area contributed by atoms with E-state index < -0.39 is 0 Å². The molecule has 0 fully saturated rings. The minimum atomic E-state index is 1.06. The van der Waals surface area contributed by atoms with Crippen molar-refractivity contribution in [2.75, 3.05) is 0 Å². The first-order valence-electron chi connectivity index (χ1n) is 5.87. The van der Waals surface area contributed by atoms with Gasteiger partial charge in [-0.05, 0) is 40.5 Å². The Morgan fingerprint density at radius 3 is 2.17 bits per heavy atom. The zero-order chi connectivity index (χ0) is 12.5. The molecule has 0 saturated carbocycles. The Bertz CT molecular complexity index is 705. The molecule has 0 atom stereocenters. The number of aromatic nitrogens is 1. The molecule has 1 aromatic heterocycles. The Hall–Kier alpha value is -1.42. The number of hydrogen-bond donors (Lipinski definition) is 0. The van der Waals surface area contributed by atoms with E-state index in [-0.39, 0.29) is 0 Å². The van der Waals surface area contributed by atoms with Gasteiger partial charge in [0.05, 0.1) is 0 Å². The number of hydrogen-bond acceptors (Lipinski definition) is 1. The topological polar surface area (TPSA) is 12.9 Å². The predicted octanol–water partition coefficient (Wildman–Crippen LogP) is 4.81. The number of nitrogens with zero attached hydrogens (tertiary/aromatic N) is 1.